The first-order valence-electron chi connectivity index (χ1n) is 8.44. The van der Waals surface area contributed by atoms with E-state index in [-0.39, 0.29) is 17.8 Å². The molecule has 2 heterocycles. The number of aryl methyl sites for hydroxylation is 2. The molecule has 2 aromatic rings. The van der Waals surface area contributed by atoms with E-state index in [9.17, 15) is 9.18 Å². The van der Waals surface area contributed by atoms with Crippen molar-refractivity contribution in [1.29, 1.82) is 0 Å². The molecule has 1 amide bonds. The standard InChI is InChI=1S/C18H22FN5O/c1-3-15-12(2)10-21-18(23-15)24-9-8-20-16(11-24)17(25)22-14-6-4-13(19)5-7-14/h4-7,10,16,20H,3,8-9,11H2,1-2H3,(H,22,25). The van der Waals surface area contributed by atoms with Crippen LogP contribution in [-0.2, 0) is 11.2 Å². The summed E-state index contributed by atoms with van der Waals surface area (Å²) in [5, 5.41) is 6.01. The first-order valence-corrected chi connectivity index (χ1v) is 8.44. The van der Waals surface area contributed by atoms with E-state index in [0.29, 0.717) is 24.7 Å². The first-order chi connectivity index (χ1) is 12.1. The number of amides is 1. The van der Waals surface area contributed by atoms with Crippen LogP contribution in [0.2, 0.25) is 0 Å². The Morgan fingerprint density at radius 1 is 1.40 bits per heavy atom. The Balaban J connectivity index is 1.68. The third-order valence-corrected chi connectivity index (χ3v) is 4.29. The highest BCUT2D eigenvalue weighted by Crippen LogP contribution is 2.15. The van der Waals surface area contributed by atoms with Gasteiger partial charge in [-0.25, -0.2) is 14.4 Å². The number of benzene rings is 1. The Morgan fingerprint density at radius 3 is 2.88 bits per heavy atom. The zero-order chi connectivity index (χ0) is 17.8. The second-order valence-electron chi connectivity index (χ2n) is 6.10. The number of hydrogen-bond donors (Lipinski definition) is 2. The zero-order valence-corrected chi connectivity index (χ0v) is 14.4. The maximum absolute atomic E-state index is 13.0. The van der Waals surface area contributed by atoms with Gasteiger partial charge in [-0.1, -0.05) is 6.92 Å². The van der Waals surface area contributed by atoms with Gasteiger partial charge in [0.1, 0.15) is 11.9 Å². The van der Waals surface area contributed by atoms with Crippen molar-refractivity contribution >= 4 is 17.5 Å². The van der Waals surface area contributed by atoms with Gasteiger partial charge in [0.05, 0.1) is 0 Å². The van der Waals surface area contributed by atoms with Crippen molar-refractivity contribution in [2.45, 2.75) is 26.3 Å². The van der Waals surface area contributed by atoms with Crippen molar-refractivity contribution in [3.63, 3.8) is 0 Å². The van der Waals surface area contributed by atoms with Gasteiger partial charge >= 0.3 is 0 Å². The van der Waals surface area contributed by atoms with Crippen LogP contribution in [0.1, 0.15) is 18.2 Å². The highest BCUT2D eigenvalue weighted by Gasteiger charge is 2.27. The maximum Gasteiger partial charge on any atom is 0.243 e. The molecule has 1 unspecified atom stereocenters. The number of hydrogen-bond acceptors (Lipinski definition) is 5. The van der Waals surface area contributed by atoms with Crippen LogP contribution in [0, 0.1) is 12.7 Å². The van der Waals surface area contributed by atoms with E-state index in [1.807, 2.05) is 18.0 Å². The van der Waals surface area contributed by atoms with Crippen LogP contribution in [0.25, 0.3) is 0 Å². The van der Waals surface area contributed by atoms with Gasteiger partial charge in [-0.05, 0) is 43.2 Å². The van der Waals surface area contributed by atoms with E-state index < -0.39 is 0 Å². The SMILES string of the molecule is CCc1nc(N2CCNC(C(=O)Nc3ccc(F)cc3)C2)ncc1C. The third-order valence-electron chi connectivity index (χ3n) is 4.29. The molecule has 1 aliphatic rings. The largest absolute Gasteiger partial charge is 0.337 e. The lowest BCUT2D eigenvalue weighted by molar-refractivity contribution is -0.118. The molecule has 132 valence electrons. The quantitative estimate of drug-likeness (QED) is 0.887. The molecule has 0 radical (unpaired) electrons. The average Bonchev–Trinajstić information content (AvgIpc) is 2.64. The summed E-state index contributed by atoms with van der Waals surface area (Å²) in [6.07, 6.45) is 2.68. The molecule has 2 N–H and O–H groups in total. The van der Waals surface area contributed by atoms with Gasteiger partial charge in [0.15, 0.2) is 0 Å². The zero-order valence-electron chi connectivity index (χ0n) is 14.4. The first kappa shape index (κ1) is 17.3. The Morgan fingerprint density at radius 2 is 2.16 bits per heavy atom. The minimum absolute atomic E-state index is 0.154. The molecule has 6 nitrogen and oxygen atoms in total. The number of anilines is 2. The molecular formula is C18H22FN5O. The molecule has 1 saturated heterocycles. The number of nitrogens with zero attached hydrogens (tertiary/aromatic N) is 3. The molecule has 7 heteroatoms. The summed E-state index contributed by atoms with van der Waals surface area (Å²) >= 11 is 0. The number of carbonyl (C=O) groups is 1. The predicted octanol–water partition coefficient (Wildman–Crippen LogP) is 1.90. The second-order valence-corrected chi connectivity index (χ2v) is 6.10. The van der Waals surface area contributed by atoms with Gasteiger partial charge in [0, 0.05) is 37.2 Å². The average molecular weight is 343 g/mol. The normalized spacial score (nSPS) is 17.4. The maximum atomic E-state index is 13.0. The van der Waals surface area contributed by atoms with Gasteiger partial charge in [-0.15, -0.1) is 0 Å². The van der Waals surface area contributed by atoms with Crippen molar-refractivity contribution in [2.75, 3.05) is 29.9 Å². The van der Waals surface area contributed by atoms with Gasteiger partial charge in [0.2, 0.25) is 11.9 Å². The van der Waals surface area contributed by atoms with E-state index in [1.165, 1.54) is 12.1 Å². The smallest absolute Gasteiger partial charge is 0.243 e. The molecular weight excluding hydrogens is 321 g/mol. The molecule has 0 aliphatic carbocycles. The number of carbonyl (C=O) groups excluding carboxylic acids is 1. The summed E-state index contributed by atoms with van der Waals surface area (Å²) in [6, 6.07) is 5.36. The fraction of sp³-hybridized carbons (Fsp3) is 0.389. The number of halogens is 1. The van der Waals surface area contributed by atoms with E-state index in [0.717, 1.165) is 24.2 Å². The molecule has 3 rings (SSSR count). The lowest BCUT2D eigenvalue weighted by Crippen LogP contribution is -2.56. The van der Waals surface area contributed by atoms with Crippen LogP contribution < -0.4 is 15.5 Å². The second kappa shape index (κ2) is 7.57. The monoisotopic (exact) mass is 343 g/mol. The van der Waals surface area contributed by atoms with Gasteiger partial charge in [0.25, 0.3) is 0 Å². The molecule has 1 aromatic carbocycles. The van der Waals surface area contributed by atoms with Crippen LogP contribution in [0.5, 0.6) is 0 Å². The Labute approximate surface area is 146 Å². The number of nitrogens with one attached hydrogen (secondary N) is 2. The Bertz CT molecular complexity index is 750. The summed E-state index contributed by atoms with van der Waals surface area (Å²) < 4.78 is 13.0. The number of aromatic nitrogens is 2. The van der Waals surface area contributed by atoms with Crippen molar-refractivity contribution in [3.05, 3.63) is 47.5 Å². The highest BCUT2D eigenvalue weighted by atomic mass is 19.1. The van der Waals surface area contributed by atoms with Crippen molar-refractivity contribution in [1.82, 2.24) is 15.3 Å². The fourth-order valence-electron chi connectivity index (χ4n) is 2.85. The van der Waals surface area contributed by atoms with E-state index in [4.69, 9.17) is 0 Å². The summed E-state index contributed by atoms with van der Waals surface area (Å²) in [6.45, 7) is 5.96. The van der Waals surface area contributed by atoms with Gasteiger partial charge < -0.3 is 15.5 Å². The lowest BCUT2D eigenvalue weighted by atomic mass is 10.2. The third kappa shape index (κ3) is 4.11. The fourth-order valence-corrected chi connectivity index (χ4v) is 2.85. The lowest BCUT2D eigenvalue weighted by Gasteiger charge is -2.33. The predicted molar refractivity (Wildman–Crippen MR) is 95.2 cm³/mol. The number of rotatable bonds is 4. The summed E-state index contributed by atoms with van der Waals surface area (Å²) in [5.74, 6) is 0.172. The molecule has 0 bridgehead atoms. The van der Waals surface area contributed by atoms with Crippen molar-refractivity contribution in [2.24, 2.45) is 0 Å². The van der Waals surface area contributed by atoms with Gasteiger partial charge in [-0.2, -0.15) is 0 Å². The van der Waals surface area contributed by atoms with E-state index in [2.05, 4.69) is 27.5 Å². The van der Waals surface area contributed by atoms with Crippen LogP contribution in [0.15, 0.2) is 30.5 Å². The van der Waals surface area contributed by atoms with Crippen LogP contribution >= 0.6 is 0 Å². The van der Waals surface area contributed by atoms with E-state index >= 15 is 0 Å². The number of piperazine rings is 1. The minimum Gasteiger partial charge on any atom is -0.337 e. The van der Waals surface area contributed by atoms with Crippen LogP contribution in [0.3, 0.4) is 0 Å². The van der Waals surface area contributed by atoms with Crippen molar-refractivity contribution in [3.8, 4) is 0 Å². The molecule has 0 spiro atoms. The van der Waals surface area contributed by atoms with E-state index in [1.54, 1.807) is 12.1 Å². The summed E-state index contributed by atoms with van der Waals surface area (Å²) in [7, 11) is 0. The molecule has 25 heavy (non-hydrogen) atoms. The Hall–Kier alpha value is -2.54. The Kier molecular flexibility index (Phi) is 5.23. The minimum atomic E-state index is -0.381. The van der Waals surface area contributed by atoms with Crippen LogP contribution in [0.4, 0.5) is 16.0 Å². The molecule has 1 aliphatic heterocycles. The molecule has 0 saturated carbocycles. The molecule has 1 aromatic heterocycles. The summed E-state index contributed by atoms with van der Waals surface area (Å²) in [4.78, 5) is 23.5. The highest BCUT2D eigenvalue weighted by molar-refractivity contribution is 5.95. The van der Waals surface area contributed by atoms with Crippen LogP contribution in [-0.4, -0.2) is 41.6 Å². The topological polar surface area (TPSA) is 70.2 Å². The van der Waals surface area contributed by atoms with Crippen molar-refractivity contribution < 1.29 is 9.18 Å². The summed E-state index contributed by atoms with van der Waals surface area (Å²) in [5.41, 5.74) is 2.67. The van der Waals surface area contributed by atoms with Gasteiger partial charge in [-0.3, -0.25) is 4.79 Å². The molecule has 1 atom stereocenters. The molecule has 1 fully saturated rings.